The van der Waals surface area contributed by atoms with Crippen molar-refractivity contribution in [3.8, 4) is 6.07 Å². The van der Waals surface area contributed by atoms with Crippen LogP contribution in [0.25, 0.3) is 5.65 Å². The molecule has 0 saturated heterocycles. The summed E-state index contributed by atoms with van der Waals surface area (Å²) in [5.74, 6) is 1.56. The second kappa shape index (κ2) is 7.45. The fraction of sp³-hybridized carbons (Fsp3) is 0.500. The monoisotopic (exact) mass is 288 g/mol. The Morgan fingerprint density at radius 3 is 3.05 bits per heavy atom. The number of methoxy groups -OCH3 is 1. The van der Waals surface area contributed by atoms with Crippen molar-refractivity contribution < 1.29 is 4.74 Å². The highest BCUT2D eigenvalue weighted by molar-refractivity contribution is 5.66. The number of hydrogen-bond acceptors (Lipinski definition) is 6. The van der Waals surface area contributed by atoms with E-state index < -0.39 is 0 Å². The van der Waals surface area contributed by atoms with E-state index in [9.17, 15) is 0 Å². The maximum atomic E-state index is 8.84. The van der Waals surface area contributed by atoms with Crippen molar-refractivity contribution in [2.75, 3.05) is 43.6 Å². The molecule has 0 aliphatic carbocycles. The molecule has 2 aromatic heterocycles. The summed E-state index contributed by atoms with van der Waals surface area (Å²) in [6, 6.07) is 2.17. The SMILES string of the molecule is CCNc1cn2ccnc2c(N(CCC#N)CCOC)n1. The molecule has 0 bridgehead atoms. The van der Waals surface area contributed by atoms with Crippen molar-refractivity contribution in [1.29, 1.82) is 5.26 Å². The second-order valence-electron chi connectivity index (χ2n) is 4.53. The highest BCUT2D eigenvalue weighted by Crippen LogP contribution is 2.20. The number of nitrogens with zero attached hydrogens (tertiary/aromatic N) is 5. The topological polar surface area (TPSA) is 78.5 Å². The van der Waals surface area contributed by atoms with Crippen LogP contribution in [0.1, 0.15) is 13.3 Å². The van der Waals surface area contributed by atoms with Crippen LogP contribution < -0.4 is 10.2 Å². The minimum atomic E-state index is 0.434. The summed E-state index contributed by atoms with van der Waals surface area (Å²) < 4.78 is 7.09. The van der Waals surface area contributed by atoms with Gasteiger partial charge >= 0.3 is 0 Å². The van der Waals surface area contributed by atoms with Crippen molar-refractivity contribution in [1.82, 2.24) is 14.4 Å². The highest BCUT2D eigenvalue weighted by Gasteiger charge is 2.14. The van der Waals surface area contributed by atoms with Crippen molar-refractivity contribution in [2.24, 2.45) is 0 Å². The van der Waals surface area contributed by atoms with Crippen LogP contribution >= 0.6 is 0 Å². The second-order valence-corrected chi connectivity index (χ2v) is 4.53. The third-order valence-corrected chi connectivity index (χ3v) is 3.07. The lowest BCUT2D eigenvalue weighted by molar-refractivity contribution is 0.205. The van der Waals surface area contributed by atoms with Gasteiger partial charge in [-0.1, -0.05) is 0 Å². The molecule has 0 fully saturated rings. The first kappa shape index (κ1) is 15.1. The Morgan fingerprint density at radius 2 is 2.33 bits per heavy atom. The van der Waals surface area contributed by atoms with Gasteiger partial charge in [-0.05, 0) is 6.92 Å². The first-order valence-corrected chi connectivity index (χ1v) is 6.98. The molecule has 2 aromatic rings. The molecular weight excluding hydrogens is 268 g/mol. The van der Waals surface area contributed by atoms with Crippen LogP contribution in [0, 0.1) is 11.3 Å². The van der Waals surface area contributed by atoms with Crippen LogP contribution in [0.3, 0.4) is 0 Å². The molecule has 2 rings (SSSR count). The number of rotatable bonds is 8. The molecule has 0 aromatic carbocycles. The minimum Gasteiger partial charge on any atom is -0.383 e. The predicted octanol–water partition coefficient (Wildman–Crippen LogP) is 1.53. The van der Waals surface area contributed by atoms with Crippen LogP contribution in [0.5, 0.6) is 0 Å². The van der Waals surface area contributed by atoms with E-state index in [0.717, 1.165) is 23.8 Å². The average Bonchev–Trinajstić information content (AvgIpc) is 2.95. The lowest BCUT2D eigenvalue weighted by atomic mass is 10.3. The quantitative estimate of drug-likeness (QED) is 0.793. The van der Waals surface area contributed by atoms with Crippen LogP contribution in [-0.2, 0) is 4.74 Å². The van der Waals surface area contributed by atoms with Gasteiger partial charge in [0.15, 0.2) is 11.5 Å². The Bertz CT molecular complexity index is 617. The van der Waals surface area contributed by atoms with Crippen molar-refractivity contribution in [3.63, 3.8) is 0 Å². The molecule has 0 atom stereocenters. The number of fused-ring (bicyclic) bond motifs is 1. The predicted molar refractivity (Wildman–Crippen MR) is 81.5 cm³/mol. The summed E-state index contributed by atoms with van der Waals surface area (Å²) in [6.07, 6.45) is 5.98. The Balaban J connectivity index is 2.38. The Labute approximate surface area is 124 Å². The van der Waals surface area contributed by atoms with E-state index in [-0.39, 0.29) is 0 Å². The smallest absolute Gasteiger partial charge is 0.180 e. The number of anilines is 2. The fourth-order valence-electron chi connectivity index (χ4n) is 2.10. The Hall–Kier alpha value is -2.33. The van der Waals surface area contributed by atoms with E-state index >= 15 is 0 Å². The summed E-state index contributed by atoms with van der Waals surface area (Å²) in [5.41, 5.74) is 0.783. The van der Waals surface area contributed by atoms with Gasteiger partial charge < -0.3 is 19.4 Å². The van der Waals surface area contributed by atoms with Crippen LogP contribution in [-0.4, -0.2) is 47.7 Å². The third-order valence-electron chi connectivity index (χ3n) is 3.07. The van der Waals surface area contributed by atoms with Crippen LogP contribution in [0.15, 0.2) is 18.6 Å². The summed E-state index contributed by atoms with van der Waals surface area (Å²) >= 11 is 0. The number of nitrogens with one attached hydrogen (secondary N) is 1. The molecule has 0 aliphatic heterocycles. The summed E-state index contributed by atoms with van der Waals surface area (Å²) in [5, 5.41) is 12.1. The maximum Gasteiger partial charge on any atom is 0.180 e. The first-order chi connectivity index (χ1) is 10.3. The van der Waals surface area contributed by atoms with Crippen molar-refractivity contribution >= 4 is 17.3 Å². The largest absolute Gasteiger partial charge is 0.383 e. The molecule has 112 valence electrons. The lowest BCUT2D eigenvalue weighted by Crippen LogP contribution is -2.30. The molecule has 0 aliphatic rings. The van der Waals surface area contributed by atoms with E-state index in [1.807, 2.05) is 28.6 Å². The zero-order valence-corrected chi connectivity index (χ0v) is 12.4. The van der Waals surface area contributed by atoms with Gasteiger partial charge in [0.05, 0.1) is 25.3 Å². The van der Waals surface area contributed by atoms with E-state index in [4.69, 9.17) is 10.00 Å². The van der Waals surface area contributed by atoms with Gasteiger partial charge in [-0.15, -0.1) is 0 Å². The molecule has 7 nitrogen and oxygen atoms in total. The molecule has 0 saturated carbocycles. The van der Waals surface area contributed by atoms with Crippen LogP contribution in [0.2, 0.25) is 0 Å². The zero-order chi connectivity index (χ0) is 15.1. The van der Waals surface area contributed by atoms with Crippen molar-refractivity contribution in [2.45, 2.75) is 13.3 Å². The van der Waals surface area contributed by atoms with Gasteiger partial charge in [-0.3, -0.25) is 0 Å². The maximum absolute atomic E-state index is 8.84. The highest BCUT2D eigenvalue weighted by atomic mass is 16.5. The third kappa shape index (κ3) is 3.61. The molecule has 0 spiro atoms. The van der Waals surface area contributed by atoms with Gasteiger partial charge in [0.25, 0.3) is 0 Å². The van der Waals surface area contributed by atoms with Crippen LogP contribution in [0.4, 0.5) is 11.6 Å². The summed E-state index contributed by atoms with van der Waals surface area (Å²) in [4.78, 5) is 11.0. The molecule has 7 heteroatoms. The normalized spacial score (nSPS) is 10.5. The van der Waals surface area contributed by atoms with Crippen molar-refractivity contribution in [3.05, 3.63) is 18.6 Å². The zero-order valence-electron chi connectivity index (χ0n) is 12.4. The minimum absolute atomic E-state index is 0.434. The summed E-state index contributed by atoms with van der Waals surface area (Å²) in [7, 11) is 1.66. The average molecular weight is 288 g/mol. The van der Waals surface area contributed by atoms with E-state index in [1.165, 1.54) is 0 Å². The number of hydrogen-bond donors (Lipinski definition) is 1. The number of ether oxygens (including phenoxy) is 1. The van der Waals surface area contributed by atoms with E-state index in [2.05, 4.69) is 21.4 Å². The molecule has 0 amide bonds. The molecule has 0 unspecified atom stereocenters. The van der Waals surface area contributed by atoms with Gasteiger partial charge in [0.2, 0.25) is 0 Å². The van der Waals surface area contributed by atoms with Gasteiger partial charge in [0.1, 0.15) is 5.82 Å². The van der Waals surface area contributed by atoms with Gasteiger partial charge in [-0.2, -0.15) is 5.26 Å². The molecule has 0 radical (unpaired) electrons. The molecule has 1 N–H and O–H groups in total. The molecule has 2 heterocycles. The van der Waals surface area contributed by atoms with Gasteiger partial charge in [-0.25, -0.2) is 9.97 Å². The van der Waals surface area contributed by atoms with E-state index in [1.54, 1.807) is 13.3 Å². The summed E-state index contributed by atoms with van der Waals surface area (Å²) in [6.45, 7) is 4.67. The standard InChI is InChI=1S/C14H20N6O/c1-3-16-12-11-20-8-6-17-13(20)14(18-12)19(7-4-5-15)9-10-21-2/h6,8,11,16H,3-4,7,9-10H2,1-2H3. The first-order valence-electron chi connectivity index (χ1n) is 6.98. The molecule has 21 heavy (non-hydrogen) atoms. The Kier molecular flexibility index (Phi) is 5.35. The number of imidazole rings is 1. The van der Waals surface area contributed by atoms with E-state index in [0.29, 0.717) is 26.1 Å². The fourth-order valence-corrected chi connectivity index (χ4v) is 2.10. The number of nitriles is 1. The lowest BCUT2D eigenvalue weighted by Gasteiger charge is -2.23. The molecular formula is C14H20N6O. The van der Waals surface area contributed by atoms with Gasteiger partial charge in [0, 0.05) is 39.1 Å². The Morgan fingerprint density at radius 1 is 1.48 bits per heavy atom. The number of aromatic nitrogens is 3.